The molecule has 0 N–H and O–H groups in total. The lowest BCUT2D eigenvalue weighted by Gasteiger charge is -2.19. The summed E-state index contributed by atoms with van der Waals surface area (Å²) < 4.78 is 5.45. The Bertz CT molecular complexity index is 270. The summed E-state index contributed by atoms with van der Waals surface area (Å²) in [5, 5.41) is 0.205. The van der Waals surface area contributed by atoms with Gasteiger partial charge in [-0.1, -0.05) is 0 Å². The summed E-state index contributed by atoms with van der Waals surface area (Å²) in [7, 11) is 0. The smallest absolute Gasteiger partial charge is 0.225 e. The van der Waals surface area contributed by atoms with Crippen LogP contribution in [0.25, 0.3) is 0 Å². The minimum Gasteiger partial charge on any atom is -0.472 e. The summed E-state index contributed by atoms with van der Waals surface area (Å²) in [6, 6.07) is 1.68. The second-order valence-corrected chi connectivity index (χ2v) is 3.72. The third kappa shape index (κ3) is 3.05. The van der Waals surface area contributed by atoms with Crippen molar-refractivity contribution < 1.29 is 4.74 Å². The van der Waals surface area contributed by atoms with E-state index in [4.69, 9.17) is 16.3 Å². The van der Waals surface area contributed by atoms with Gasteiger partial charge in [0.15, 0.2) is 0 Å². The van der Waals surface area contributed by atoms with Crippen molar-refractivity contribution in [3.63, 3.8) is 0 Å². The number of nitrogens with zero attached hydrogens (tertiary/aromatic N) is 2. The lowest BCUT2D eigenvalue weighted by Crippen LogP contribution is -2.23. The molecule has 0 aliphatic carbocycles. The zero-order valence-corrected chi connectivity index (χ0v) is 8.09. The second kappa shape index (κ2) is 3.27. The van der Waals surface area contributed by atoms with Gasteiger partial charge in [-0.25, -0.2) is 4.98 Å². The third-order valence-electron chi connectivity index (χ3n) is 1.01. The Kier molecular flexibility index (Phi) is 2.52. The average molecular weight is 187 g/mol. The van der Waals surface area contributed by atoms with Gasteiger partial charge in [0.1, 0.15) is 5.60 Å². The molecule has 0 bridgehead atoms. The van der Waals surface area contributed by atoms with Gasteiger partial charge in [0.05, 0.1) is 0 Å². The van der Waals surface area contributed by atoms with Gasteiger partial charge in [-0.3, -0.25) is 0 Å². The van der Waals surface area contributed by atoms with Gasteiger partial charge >= 0.3 is 0 Å². The molecule has 0 aromatic carbocycles. The molecule has 0 aliphatic heterocycles. The highest BCUT2D eigenvalue weighted by Crippen LogP contribution is 2.15. The lowest BCUT2D eigenvalue weighted by molar-refractivity contribution is 0.124. The molecule has 3 nitrogen and oxygen atoms in total. The van der Waals surface area contributed by atoms with Crippen LogP contribution in [-0.2, 0) is 0 Å². The minimum absolute atomic E-state index is 0.205. The molecule has 0 atom stereocenters. The maximum atomic E-state index is 5.57. The summed E-state index contributed by atoms with van der Waals surface area (Å²) >= 11 is 5.57. The van der Waals surface area contributed by atoms with E-state index in [1.807, 2.05) is 20.8 Å². The highest BCUT2D eigenvalue weighted by Gasteiger charge is 2.12. The van der Waals surface area contributed by atoms with Crippen molar-refractivity contribution in [2.45, 2.75) is 26.4 Å². The van der Waals surface area contributed by atoms with Crippen molar-refractivity contribution in [2.24, 2.45) is 0 Å². The number of ether oxygens (including phenoxy) is 1. The van der Waals surface area contributed by atoms with Gasteiger partial charge in [-0.15, -0.1) is 0 Å². The van der Waals surface area contributed by atoms with E-state index in [0.717, 1.165) is 0 Å². The molecule has 66 valence electrons. The predicted molar refractivity (Wildman–Crippen MR) is 47.4 cm³/mol. The summed E-state index contributed by atoms with van der Waals surface area (Å²) in [6.45, 7) is 5.84. The molecule has 1 aromatic heterocycles. The van der Waals surface area contributed by atoms with Crippen LogP contribution in [0.4, 0.5) is 0 Å². The third-order valence-corrected chi connectivity index (χ3v) is 1.19. The highest BCUT2D eigenvalue weighted by molar-refractivity contribution is 6.28. The predicted octanol–water partition coefficient (Wildman–Crippen LogP) is 2.31. The van der Waals surface area contributed by atoms with E-state index < -0.39 is 0 Å². The topological polar surface area (TPSA) is 35.0 Å². The largest absolute Gasteiger partial charge is 0.472 e. The van der Waals surface area contributed by atoms with E-state index in [2.05, 4.69) is 9.97 Å². The number of halogens is 1. The summed E-state index contributed by atoms with van der Waals surface area (Å²) in [6.07, 6.45) is 1.57. The van der Waals surface area contributed by atoms with Crippen LogP contribution < -0.4 is 4.74 Å². The van der Waals surface area contributed by atoms with Crippen molar-refractivity contribution in [1.29, 1.82) is 0 Å². The maximum Gasteiger partial charge on any atom is 0.225 e. The molecule has 1 heterocycles. The number of hydrogen-bond donors (Lipinski definition) is 0. The fourth-order valence-corrected chi connectivity index (χ4v) is 0.830. The van der Waals surface area contributed by atoms with Gasteiger partial charge in [-0.05, 0) is 32.4 Å². The van der Waals surface area contributed by atoms with Gasteiger partial charge in [0.25, 0.3) is 0 Å². The molecular weight excluding hydrogens is 176 g/mol. The van der Waals surface area contributed by atoms with E-state index >= 15 is 0 Å². The van der Waals surface area contributed by atoms with Crippen LogP contribution in [0, 0.1) is 0 Å². The molecule has 0 amide bonds. The Morgan fingerprint density at radius 1 is 1.42 bits per heavy atom. The summed E-state index contributed by atoms with van der Waals surface area (Å²) in [5.41, 5.74) is -0.252. The molecule has 0 saturated heterocycles. The quantitative estimate of drug-likeness (QED) is 0.632. The standard InChI is InChI=1S/C8H11ClN2O/c1-8(2,3)12-6-4-5-10-7(9)11-6/h4-5H,1-3H3. The Morgan fingerprint density at radius 3 is 2.58 bits per heavy atom. The first-order valence-electron chi connectivity index (χ1n) is 3.65. The normalized spacial score (nSPS) is 11.3. The van der Waals surface area contributed by atoms with Crippen molar-refractivity contribution in [3.8, 4) is 5.88 Å². The van der Waals surface area contributed by atoms with E-state index in [1.165, 1.54) is 0 Å². The molecular formula is C8H11ClN2O. The van der Waals surface area contributed by atoms with Crippen LogP contribution in [-0.4, -0.2) is 15.6 Å². The van der Waals surface area contributed by atoms with E-state index in [1.54, 1.807) is 12.3 Å². The van der Waals surface area contributed by atoms with E-state index in [0.29, 0.717) is 5.88 Å². The maximum absolute atomic E-state index is 5.57. The van der Waals surface area contributed by atoms with Crippen LogP contribution in [0.2, 0.25) is 5.28 Å². The Labute approximate surface area is 76.7 Å². The summed E-state index contributed by atoms with van der Waals surface area (Å²) in [4.78, 5) is 7.63. The van der Waals surface area contributed by atoms with Crippen molar-refractivity contribution >= 4 is 11.6 Å². The molecule has 4 heteroatoms. The summed E-state index contributed by atoms with van der Waals surface area (Å²) in [5.74, 6) is 0.502. The zero-order valence-electron chi connectivity index (χ0n) is 7.34. The van der Waals surface area contributed by atoms with Crippen molar-refractivity contribution in [1.82, 2.24) is 9.97 Å². The number of rotatable bonds is 1. The molecule has 0 aliphatic rings. The van der Waals surface area contributed by atoms with Crippen LogP contribution in [0.3, 0.4) is 0 Å². The molecule has 1 rings (SSSR count). The lowest BCUT2D eigenvalue weighted by atomic mass is 10.2. The number of aromatic nitrogens is 2. The number of hydrogen-bond acceptors (Lipinski definition) is 3. The Hall–Kier alpha value is -0.830. The van der Waals surface area contributed by atoms with Crippen LogP contribution in [0.1, 0.15) is 20.8 Å². The Morgan fingerprint density at radius 2 is 2.08 bits per heavy atom. The van der Waals surface area contributed by atoms with Gasteiger partial charge < -0.3 is 4.74 Å². The molecule has 0 radical (unpaired) electrons. The van der Waals surface area contributed by atoms with Crippen LogP contribution in [0.15, 0.2) is 12.3 Å². The van der Waals surface area contributed by atoms with Crippen molar-refractivity contribution in [2.75, 3.05) is 0 Å². The molecule has 0 saturated carbocycles. The van der Waals surface area contributed by atoms with Gasteiger partial charge in [-0.2, -0.15) is 4.98 Å². The highest BCUT2D eigenvalue weighted by atomic mass is 35.5. The fraction of sp³-hybridized carbons (Fsp3) is 0.500. The molecule has 12 heavy (non-hydrogen) atoms. The first kappa shape index (κ1) is 9.26. The van der Waals surface area contributed by atoms with Gasteiger partial charge in [0.2, 0.25) is 11.2 Å². The van der Waals surface area contributed by atoms with Crippen LogP contribution >= 0.6 is 11.6 Å². The minimum atomic E-state index is -0.252. The van der Waals surface area contributed by atoms with E-state index in [-0.39, 0.29) is 10.9 Å². The zero-order chi connectivity index (χ0) is 9.19. The first-order valence-corrected chi connectivity index (χ1v) is 4.03. The van der Waals surface area contributed by atoms with Crippen molar-refractivity contribution in [3.05, 3.63) is 17.5 Å². The fourth-order valence-electron chi connectivity index (χ4n) is 0.690. The molecule has 0 unspecified atom stereocenters. The van der Waals surface area contributed by atoms with Crippen LogP contribution in [0.5, 0.6) is 5.88 Å². The molecule has 1 aromatic rings. The second-order valence-electron chi connectivity index (χ2n) is 3.38. The first-order chi connectivity index (χ1) is 5.47. The van der Waals surface area contributed by atoms with Gasteiger partial charge in [0, 0.05) is 12.3 Å². The Balaban J connectivity index is 2.77. The molecule has 0 spiro atoms. The van der Waals surface area contributed by atoms with E-state index in [9.17, 15) is 0 Å². The average Bonchev–Trinajstić information content (AvgIpc) is 1.82. The monoisotopic (exact) mass is 186 g/mol. The SMILES string of the molecule is CC(C)(C)Oc1ccnc(Cl)n1. The molecule has 0 fully saturated rings.